The van der Waals surface area contributed by atoms with Gasteiger partial charge in [-0.1, -0.05) is 22.9 Å². The van der Waals surface area contributed by atoms with Crippen molar-refractivity contribution in [2.24, 2.45) is 0 Å². The molecule has 2 heterocycles. The second-order valence-corrected chi connectivity index (χ2v) is 5.73. The Morgan fingerprint density at radius 2 is 2.14 bits per heavy atom. The highest BCUT2D eigenvalue weighted by Gasteiger charge is 2.31. The Morgan fingerprint density at radius 3 is 2.81 bits per heavy atom. The molecule has 21 heavy (non-hydrogen) atoms. The second kappa shape index (κ2) is 5.31. The molecule has 3 rings (SSSR count). The molecule has 0 N–H and O–H groups in total. The summed E-state index contributed by atoms with van der Waals surface area (Å²) in [4.78, 5) is 18.8. The number of benzene rings is 1. The van der Waals surface area contributed by atoms with Crippen molar-refractivity contribution in [3.63, 3.8) is 0 Å². The van der Waals surface area contributed by atoms with Crippen molar-refractivity contribution >= 4 is 5.91 Å². The Labute approximate surface area is 124 Å². The fraction of sp³-hybridized carbons (Fsp3) is 0.438. The van der Waals surface area contributed by atoms with E-state index in [4.69, 9.17) is 4.52 Å². The van der Waals surface area contributed by atoms with Gasteiger partial charge in [-0.2, -0.15) is 4.98 Å². The minimum atomic E-state index is 0.0891. The molecule has 1 aromatic carbocycles. The first-order chi connectivity index (χ1) is 10.0. The normalized spacial score (nSPS) is 18.2. The third kappa shape index (κ3) is 2.68. The number of rotatable bonds is 2. The molecule has 0 radical (unpaired) electrons. The number of hydrogen-bond donors (Lipinski definition) is 0. The van der Waals surface area contributed by atoms with Crippen LogP contribution in [0.5, 0.6) is 0 Å². The average molecular weight is 285 g/mol. The van der Waals surface area contributed by atoms with Crippen LogP contribution >= 0.6 is 0 Å². The number of nitrogens with zero attached hydrogens (tertiary/aromatic N) is 3. The van der Waals surface area contributed by atoms with Crippen LogP contribution < -0.4 is 0 Å². The zero-order valence-electron chi connectivity index (χ0n) is 12.6. The highest BCUT2D eigenvalue weighted by molar-refractivity contribution is 5.95. The Kier molecular flexibility index (Phi) is 3.49. The Balaban J connectivity index is 1.75. The second-order valence-electron chi connectivity index (χ2n) is 5.73. The summed E-state index contributed by atoms with van der Waals surface area (Å²) in [7, 11) is 0. The minimum Gasteiger partial charge on any atom is -0.339 e. The van der Waals surface area contributed by atoms with E-state index in [0.29, 0.717) is 18.3 Å². The summed E-state index contributed by atoms with van der Waals surface area (Å²) < 4.78 is 5.22. The van der Waals surface area contributed by atoms with Gasteiger partial charge in [-0.25, -0.2) is 0 Å². The van der Waals surface area contributed by atoms with Crippen molar-refractivity contribution in [1.82, 2.24) is 15.0 Å². The van der Waals surface area contributed by atoms with Gasteiger partial charge < -0.3 is 9.42 Å². The van der Waals surface area contributed by atoms with E-state index in [0.717, 1.165) is 24.1 Å². The van der Waals surface area contributed by atoms with Gasteiger partial charge in [0.25, 0.3) is 5.91 Å². The maximum absolute atomic E-state index is 12.6. The SMILES string of the molecule is Cc1ccc(C(=O)N2CC[C@@H](c3nc(C)no3)C2)c(C)c1. The van der Waals surface area contributed by atoms with Gasteiger partial charge in [0.15, 0.2) is 5.82 Å². The Hall–Kier alpha value is -2.17. The van der Waals surface area contributed by atoms with Gasteiger partial charge in [-0.05, 0) is 38.8 Å². The molecule has 0 saturated carbocycles. The molecule has 0 unspecified atom stereocenters. The topological polar surface area (TPSA) is 59.2 Å². The van der Waals surface area contributed by atoms with Gasteiger partial charge in [0, 0.05) is 18.7 Å². The molecule has 110 valence electrons. The van der Waals surface area contributed by atoms with Gasteiger partial charge in [0.1, 0.15) is 0 Å². The van der Waals surface area contributed by atoms with Crippen molar-refractivity contribution in [2.45, 2.75) is 33.1 Å². The number of carbonyl (C=O) groups excluding carboxylic acids is 1. The van der Waals surface area contributed by atoms with Crippen LogP contribution in [0.4, 0.5) is 0 Å². The lowest BCUT2D eigenvalue weighted by Gasteiger charge is -2.17. The fourth-order valence-electron chi connectivity index (χ4n) is 2.85. The number of carbonyl (C=O) groups is 1. The smallest absolute Gasteiger partial charge is 0.254 e. The molecule has 1 aromatic heterocycles. The van der Waals surface area contributed by atoms with E-state index in [1.807, 2.05) is 36.9 Å². The maximum atomic E-state index is 12.6. The number of amides is 1. The third-order valence-corrected chi connectivity index (χ3v) is 3.98. The maximum Gasteiger partial charge on any atom is 0.254 e. The molecule has 0 spiro atoms. The molecule has 1 atom stereocenters. The molecular weight excluding hydrogens is 266 g/mol. The molecule has 5 heteroatoms. The number of likely N-dealkylation sites (tertiary alicyclic amines) is 1. The van der Waals surface area contributed by atoms with Crippen LogP contribution in [0, 0.1) is 20.8 Å². The molecule has 1 fully saturated rings. The lowest BCUT2D eigenvalue weighted by atomic mass is 10.0. The lowest BCUT2D eigenvalue weighted by molar-refractivity contribution is 0.0789. The fourth-order valence-corrected chi connectivity index (χ4v) is 2.85. The highest BCUT2D eigenvalue weighted by atomic mass is 16.5. The predicted octanol–water partition coefficient (Wildman–Crippen LogP) is 2.62. The first-order valence-corrected chi connectivity index (χ1v) is 7.21. The summed E-state index contributed by atoms with van der Waals surface area (Å²) in [5.74, 6) is 1.53. The zero-order valence-corrected chi connectivity index (χ0v) is 12.6. The van der Waals surface area contributed by atoms with Crippen molar-refractivity contribution < 1.29 is 9.32 Å². The van der Waals surface area contributed by atoms with Crippen LogP contribution in [0.15, 0.2) is 22.7 Å². The zero-order chi connectivity index (χ0) is 15.0. The van der Waals surface area contributed by atoms with Gasteiger partial charge in [0.2, 0.25) is 5.89 Å². The van der Waals surface area contributed by atoms with Gasteiger partial charge >= 0.3 is 0 Å². The Bertz CT molecular complexity index is 678. The van der Waals surface area contributed by atoms with E-state index in [-0.39, 0.29) is 11.8 Å². The summed E-state index contributed by atoms with van der Waals surface area (Å²) in [6.07, 6.45) is 0.873. The summed E-state index contributed by atoms with van der Waals surface area (Å²) in [5.41, 5.74) is 2.98. The van der Waals surface area contributed by atoms with Crippen molar-refractivity contribution in [2.75, 3.05) is 13.1 Å². The van der Waals surface area contributed by atoms with E-state index in [1.165, 1.54) is 5.56 Å². The van der Waals surface area contributed by atoms with Crippen LogP contribution in [0.2, 0.25) is 0 Å². The summed E-state index contributed by atoms with van der Waals surface area (Å²) in [6, 6.07) is 5.94. The molecule has 2 aromatic rings. The third-order valence-electron chi connectivity index (χ3n) is 3.98. The van der Waals surface area contributed by atoms with Crippen molar-refractivity contribution in [3.05, 3.63) is 46.6 Å². The van der Waals surface area contributed by atoms with Gasteiger partial charge in [-0.3, -0.25) is 4.79 Å². The molecule has 1 saturated heterocycles. The van der Waals surface area contributed by atoms with Crippen molar-refractivity contribution in [3.8, 4) is 0 Å². The van der Waals surface area contributed by atoms with Gasteiger partial charge in [-0.15, -0.1) is 0 Å². The number of hydrogen-bond acceptors (Lipinski definition) is 4. The Morgan fingerprint density at radius 1 is 1.33 bits per heavy atom. The van der Waals surface area contributed by atoms with E-state index in [2.05, 4.69) is 10.1 Å². The standard InChI is InChI=1S/C16H19N3O2/c1-10-4-5-14(11(2)8-10)16(20)19-7-6-13(9-19)15-17-12(3)18-21-15/h4-5,8,13H,6-7,9H2,1-3H3/t13-/m1/s1. The van der Waals surface area contributed by atoms with E-state index >= 15 is 0 Å². The number of aromatic nitrogens is 2. The minimum absolute atomic E-state index is 0.0891. The summed E-state index contributed by atoms with van der Waals surface area (Å²) >= 11 is 0. The average Bonchev–Trinajstić information content (AvgIpc) is 3.06. The van der Waals surface area contributed by atoms with Crippen LogP contribution in [0.1, 0.15) is 45.5 Å². The molecular formula is C16H19N3O2. The quantitative estimate of drug-likeness (QED) is 0.851. The molecule has 0 aliphatic carbocycles. The summed E-state index contributed by atoms with van der Waals surface area (Å²) in [6.45, 7) is 7.20. The molecule has 0 bridgehead atoms. The van der Waals surface area contributed by atoms with E-state index in [9.17, 15) is 4.79 Å². The van der Waals surface area contributed by atoms with Crippen LogP contribution in [0.25, 0.3) is 0 Å². The van der Waals surface area contributed by atoms with Crippen molar-refractivity contribution in [1.29, 1.82) is 0 Å². The van der Waals surface area contributed by atoms with Gasteiger partial charge in [0.05, 0.1) is 5.92 Å². The molecule has 1 aliphatic heterocycles. The lowest BCUT2D eigenvalue weighted by Crippen LogP contribution is -2.29. The first kappa shape index (κ1) is 13.8. The van der Waals surface area contributed by atoms with Crippen LogP contribution in [0.3, 0.4) is 0 Å². The summed E-state index contributed by atoms with van der Waals surface area (Å²) in [5, 5.41) is 3.82. The van der Waals surface area contributed by atoms with E-state index < -0.39 is 0 Å². The van der Waals surface area contributed by atoms with Crippen LogP contribution in [-0.4, -0.2) is 34.0 Å². The van der Waals surface area contributed by atoms with Crippen LogP contribution in [-0.2, 0) is 0 Å². The monoisotopic (exact) mass is 285 g/mol. The number of aryl methyl sites for hydroxylation is 3. The predicted molar refractivity (Wildman–Crippen MR) is 78.2 cm³/mol. The highest BCUT2D eigenvalue weighted by Crippen LogP contribution is 2.27. The first-order valence-electron chi connectivity index (χ1n) is 7.21. The molecule has 5 nitrogen and oxygen atoms in total. The molecule has 1 amide bonds. The van der Waals surface area contributed by atoms with E-state index in [1.54, 1.807) is 6.92 Å². The largest absolute Gasteiger partial charge is 0.339 e. The molecule has 1 aliphatic rings.